The van der Waals surface area contributed by atoms with Gasteiger partial charge in [0, 0.05) is 6.08 Å². The van der Waals surface area contributed by atoms with Crippen molar-refractivity contribution in [2.45, 2.75) is 84.0 Å². The second-order valence-electron chi connectivity index (χ2n) is 7.32. The highest BCUT2D eigenvalue weighted by Gasteiger charge is 2.05. The molecule has 0 heterocycles. The molecular weight excluding hydrogens is 352 g/mol. The summed E-state index contributed by atoms with van der Waals surface area (Å²) in [7, 11) is 1.59. The van der Waals surface area contributed by atoms with Gasteiger partial charge in [-0.3, -0.25) is 0 Å². The monoisotopic (exact) mass is 390 g/mol. The molecule has 0 aliphatic heterocycles. The summed E-state index contributed by atoms with van der Waals surface area (Å²) in [4.78, 5) is 10.6. The SMILES string of the molecule is CCCCCCCCCCCCCCOc1ccc(/C=C/C(=O)O)cc1OC. The number of hydrogen-bond acceptors (Lipinski definition) is 3. The number of unbranched alkanes of at least 4 members (excludes halogenated alkanes) is 11. The molecule has 1 rings (SSSR count). The van der Waals surface area contributed by atoms with Gasteiger partial charge in [-0.15, -0.1) is 0 Å². The van der Waals surface area contributed by atoms with Gasteiger partial charge in [0.05, 0.1) is 13.7 Å². The van der Waals surface area contributed by atoms with E-state index in [4.69, 9.17) is 14.6 Å². The van der Waals surface area contributed by atoms with Crippen molar-refractivity contribution in [2.24, 2.45) is 0 Å². The van der Waals surface area contributed by atoms with E-state index in [1.807, 2.05) is 12.1 Å². The van der Waals surface area contributed by atoms with Crippen LogP contribution in [0, 0.1) is 0 Å². The molecule has 0 fully saturated rings. The number of carbonyl (C=O) groups is 1. The molecule has 0 bridgehead atoms. The molecule has 0 saturated heterocycles. The second-order valence-corrected chi connectivity index (χ2v) is 7.32. The fraction of sp³-hybridized carbons (Fsp3) is 0.625. The van der Waals surface area contributed by atoms with Crippen LogP contribution < -0.4 is 9.47 Å². The van der Waals surface area contributed by atoms with Crippen molar-refractivity contribution >= 4 is 12.0 Å². The number of carboxylic acids is 1. The summed E-state index contributed by atoms with van der Waals surface area (Å²) >= 11 is 0. The predicted molar refractivity (Wildman–Crippen MR) is 116 cm³/mol. The van der Waals surface area contributed by atoms with Gasteiger partial charge in [-0.2, -0.15) is 0 Å². The van der Waals surface area contributed by atoms with Gasteiger partial charge in [0.25, 0.3) is 0 Å². The maximum absolute atomic E-state index is 10.6. The summed E-state index contributed by atoms with van der Waals surface area (Å²) < 4.78 is 11.2. The predicted octanol–water partition coefficient (Wildman–Crippen LogP) is 6.87. The van der Waals surface area contributed by atoms with Gasteiger partial charge in [0.15, 0.2) is 11.5 Å². The minimum atomic E-state index is -0.966. The molecule has 158 valence electrons. The van der Waals surface area contributed by atoms with Crippen LogP contribution in [0.4, 0.5) is 0 Å². The molecule has 1 aromatic rings. The van der Waals surface area contributed by atoms with Crippen molar-refractivity contribution in [3.8, 4) is 11.5 Å². The summed E-state index contributed by atoms with van der Waals surface area (Å²) in [5, 5.41) is 8.70. The van der Waals surface area contributed by atoms with E-state index in [9.17, 15) is 4.79 Å². The zero-order chi connectivity index (χ0) is 20.5. The molecule has 0 radical (unpaired) electrons. The Morgan fingerprint density at radius 1 is 0.893 bits per heavy atom. The summed E-state index contributed by atoms with van der Waals surface area (Å²) in [6.07, 6.45) is 18.5. The fourth-order valence-electron chi connectivity index (χ4n) is 3.20. The smallest absolute Gasteiger partial charge is 0.328 e. The Morgan fingerprint density at radius 2 is 1.46 bits per heavy atom. The highest BCUT2D eigenvalue weighted by Crippen LogP contribution is 2.28. The molecule has 0 amide bonds. The first kappa shape index (κ1) is 24.1. The lowest BCUT2D eigenvalue weighted by molar-refractivity contribution is -0.131. The van der Waals surface area contributed by atoms with Gasteiger partial charge in [-0.25, -0.2) is 4.79 Å². The van der Waals surface area contributed by atoms with Crippen molar-refractivity contribution < 1.29 is 19.4 Å². The lowest BCUT2D eigenvalue weighted by Crippen LogP contribution is -1.99. The molecule has 4 nitrogen and oxygen atoms in total. The molecule has 0 aliphatic carbocycles. The van der Waals surface area contributed by atoms with Gasteiger partial charge in [-0.1, -0.05) is 83.6 Å². The topological polar surface area (TPSA) is 55.8 Å². The van der Waals surface area contributed by atoms with E-state index in [0.29, 0.717) is 18.1 Å². The summed E-state index contributed by atoms with van der Waals surface area (Å²) in [5.41, 5.74) is 0.775. The first-order chi connectivity index (χ1) is 13.7. The van der Waals surface area contributed by atoms with Crippen LogP contribution in [0.25, 0.3) is 6.08 Å². The molecule has 0 spiro atoms. The van der Waals surface area contributed by atoms with Crippen LogP contribution in [0.1, 0.15) is 89.5 Å². The van der Waals surface area contributed by atoms with E-state index in [-0.39, 0.29) is 0 Å². The van der Waals surface area contributed by atoms with Gasteiger partial charge in [0.1, 0.15) is 0 Å². The van der Waals surface area contributed by atoms with Crippen LogP contribution >= 0.6 is 0 Å². The molecular formula is C24H38O4. The van der Waals surface area contributed by atoms with Crippen molar-refractivity contribution in [1.82, 2.24) is 0 Å². The normalized spacial score (nSPS) is 11.1. The van der Waals surface area contributed by atoms with Crippen LogP contribution in [0.15, 0.2) is 24.3 Å². The van der Waals surface area contributed by atoms with Gasteiger partial charge in [0.2, 0.25) is 0 Å². The van der Waals surface area contributed by atoms with Crippen molar-refractivity contribution in [3.05, 3.63) is 29.8 Å². The lowest BCUT2D eigenvalue weighted by Gasteiger charge is -2.11. The number of methoxy groups -OCH3 is 1. The average Bonchev–Trinajstić information content (AvgIpc) is 2.70. The zero-order valence-electron chi connectivity index (χ0n) is 17.8. The average molecular weight is 391 g/mol. The Hall–Kier alpha value is -1.97. The Labute approximate surface area is 170 Å². The number of hydrogen-bond donors (Lipinski definition) is 1. The Balaban J connectivity index is 2.10. The number of ether oxygens (including phenoxy) is 2. The van der Waals surface area contributed by atoms with E-state index in [1.165, 1.54) is 70.6 Å². The van der Waals surface area contributed by atoms with E-state index in [0.717, 1.165) is 18.1 Å². The summed E-state index contributed by atoms with van der Waals surface area (Å²) in [6.45, 7) is 2.94. The molecule has 0 aliphatic rings. The third-order valence-electron chi connectivity index (χ3n) is 4.86. The lowest BCUT2D eigenvalue weighted by atomic mass is 10.1. The first-order valence-electron chi connectivity index (χ1n) is 10.9. The molecule has 1 aromatic carbocycles. The Bertz CT molecular complexity index is 566. The van der Waals surface area contributed by atoms with E-state index in [1.54, 1.807) is 19.3 Å². The number of rotatable bonds is 17. The standard InChI is InChI=1S/C24H38O4/c1-3-4-5-6-7-8-9-10-11-12-13-14-19-28-22-17-15-21(16-18-24(25)26)20-23(22)27-2/h15-18,20H,3-14,19H2,1-2H3,(H,25,26)/b18-16+. The van der Waals surface area contributed by atoms with Crippen LogP contribution in [-0.4, -0.2) is 24.8 Å². The molecule has 0 saturated carbocycles. The molecule has 0 unspecified atom stereocenters. The molecule has 0 aromatic heterocycles. The summed E-state index contributed by atoms with van der Waals surface area (Å²) in [6, 6.07) is 5.46. The third kappa shape index (κ3) is 11.7. The maximum Gasteiger partial charge on any atom is 0.328 e. The molecule has 0 atom stereocenters. The second kappa shape index (κ2) is 16.0. The van der Waals surface area contributed by atoms with Gasteiger partial charge in [-0.05, 0) is 30.2 Å². The third-order valence-corrected chi connectivity index (χ3v) is 4.86. The van der Waals surface area contributed by atoms with Crippen molar-refractivity contribution in [2.75, 3.05) is 13.7 Å². The van der Waals surface area contributed by atoms with E-state index >= 15 is 0 Å². The zero-order valence-corrected chi connectivity index (χ0v) is 17.8. The quantitative estimate of drug-likeness (QED) is 0.233. The number of benzene rings is 1. The van der Waals surface area contributed by atoms with Crippen LogP contribution in [0.3, 0.4) is 0 Å². The Morgan fingerprint density at radius 3 is 2.00 bits per heavy atom. The van der Waals surface area contributed by atoms with E-state index < -0.39 is 5.97 Å². The Kier molecular flexibility index (Phi) is 13.8. The van der Waals surface area contributed by atoms with Gasteiger partial charge < -0.3 is 14.6 Å². The number of carboxylic acid groups (broad SMARTS) is 1. The fourth-order valence-corrected chi connectivity index (χ4v) is 3.20. The van der Waals surface area contributed by atoms with Crippen molar-refractivity contribution in [1.29, 1.82) is 0 Å². The minimum Gasteiger partial charge on any atom is -0.493 e. The minimum absolute atomic E-state index is 0.631. The number of aliphatic carboxylic acids is 1. The maximum atomic E-state index is 10.6. The molecule has 28 heavy (non-hydrogen) atoms. The summed E-state index contributed by atoms with van der Waals surface area (Å²) in [5.74, 6) is 0.371. The highest BCUT2D eigenvalue weighted by molar-refractivity contribution is 5.85. The van der Waals surface area contributed by atoms with Crippen molar-refractivity contribution in [3.63, 3.8) is 0 Å². The first-order valence-corrected chi connectivity index (χ1v) is 10.9. The highest BCUT2D eigenvalue weighted by atomic mass is 16.5. The van der Waals surface area contributed by atoms with Crippen LogP contribution in [-0.2, 0) is 4.79 Å². The van der Waals surface area contributed by atoms with E-state index in [2.05, 4.69) is 6.92 Å². The largest absolute Gasteiger partial charge is 0.493 e. The molecule has 1 N–H and O–H groups in total. The molecule has 4 heteroatoms. The van der Waals surface area contributed by atoms with Crippen LogP contribution in [0.2, 0.25) is 0 Å². The van der Waals surface area contributed by atoms with Crippen LogP contribution in [0.5, 0.6) is 11.5 Å². The van der Waals surface area contributed by atoms with Gasteiger partial charge >= 0.3 is 5.97 Å².